The molecule has 1 aromatic rings. The maximum atomic E-state index is 12.0. The molecular formula is C13H16BrNO4. The maximum absolute atomic E-state index is 12.0. The fourth-order valence-electron chi connectivity index (χ4n) is 1.55. The maximum Gasteiger partial charge on any atom is 0.326 e. The largest absolute Gasteiger partial charge is 0.496 e. The zero-order valence-corrected chi connectivity index (χ0v) is 12.6. The SMILES string of the molecule is COc1ccc(Br)cc1CC(=O)N(C)C(C)C(=O)O. The molecule has 0 fully saturated rings. The van der Waals surface area contributed by atoms with Gasteiger partial charge in [0.1, 0.15) is 11.8 Å². The number of likely N-dealkylation sites (N-methyl/N-ethyl adjacent to an activating group) is 1. The van der Waals surface area contributed by atoms with E-state index < -0.39 is 12.0 Å². The fourth-order valence-corrected chi connectivity index (χ4v) is 1.96. The summed E-state index contributed by atoms with van der Waals surface area (Å²) in [7, 11) is 3.01. The molecule has 0 spiro atoms. The van der Waals surface area contributed by atoms with Crippen LogP contribution in [0.25, 0.3) is 0 Å². The van der Waals surface area contributed by atoms with E-state index in [1.807, 2.05) is 6.07 Å². The molecule has 0 aliphatic rings. The number of aliphatic carboxylic acids is 1. The first-order chi connectivity index (χ1) is 8.86. The molecule has 1 aromatic carbocycles. The van der Waals surface area contributed by atoms with E-state index in [4.69, 9.17) is 9.84 Å². The van der Waals surface area contributed by atoms with E-state index in [0.717, 1.165) is 4.47 Å². The second-order valence-corrected chi connectivity index (χ2v) is 5.07. The Morgan fingerprint density at radius 1 is 1.47 bits per heavy atom. The number of carboxylic acid groups (broad SMARTS) is 1. The molecule has 0 radical (unpaired) electrons. The van der Waals surface area contributed by atoms with Gasteiger partial charge in [-0.15, -0.1) is 0 Å². The summed E-state index contributed by atoms with van der Waals surface area (Å²) < 4.78 is 6.02. The van der Waals surface area contributed by atoms with Crippen LogP contribution in [0.1, 0.15) is 12.5 Å². The Kier molecular flexibility index (Phi) is 5.35. The smallest absolute Gasteiger partial charge is 0.326 e. The van der Waals surface area contributed by atoms with Gasteiger partial charge in [-0.2, -0.15) is 0 Å². The van der Waals surface area contributed by atoms with Gasteiger partial charge in [0, 0.05) is 17.1 Å². The Morgan fingerprint density at radius 2 is 2.11 bits per heavy atom. The van der Waals surface area contributed by atoms with Gasteiger partial charge in [0.05, 0.1) is 13.5 Å². The summed E-state index contributed by atoms with van der Waals surface area (Å²) in [6.45, 7) is 1.47. The summed E-state index contributed by atoms with van der Waals surface area (Å²) in [4.78, 5) is 24.1. The van der Waals surface area contributed by atoms with Crippen LogP contribution in [-0.4, -0.2) is 42.1 Å². The average molecular weight is 330 g/mol. The molecular weight excluding hydrogens is 314 g/mol. The molecule has 1 unspecified atom stereocenters. The van der Waals surface area contributed by atoms with Crippen molar-refractivity contribution in [1.29, 1.82) is 0 Å². The van der Waals surface area contributed by atoms with Crippen molar-refractivity contribution in [2.75, 3.05) is 14.2 Å². The highest BCUT2D eigenvalue weighted by Crippen LogP contribution is 2.23. The van der Waals surface area contributed by atoms with Gasteiger partial charge in [-0.3, -0.25) is 4.79 Å². The van der Waals surface area contributed by atoms with Crippen molar-refractivity contribution in [2.45, 2.75) is 19.4 Å². The molecule has 0 aliphatic carbocycles. The van der Waals surface area contributed by atoms with Crippen molar-refractivity contribution in [3.63, 3.8) is 0 Å². The van der Waals surface area contributed by atoms with Crippen molar-refractivity contribution in [2.24, 2.45) is 0 Å². The van der Waals surface area contributed by atoms with E-state index in [1.54, 1.807) is 12.1 Å². The molecule has 1 N–H and O–H groups in total. The Bertz CT molecular complexity index is 490. The lowest BCUT2D eigenvalue weighted by molar-refractivity contribution is -0.148. The first kappa shape index (κ1) is 15.5. The van der Waals surface area contributed by atoms with Crippen molar-refractivity contribution in [3.8, 4) is 5.75 Å². The minimum atomic E-state index is -1.03. The molecule has 0 heterocycles. The number of benzene rings is 1. The van der Waals surface area contributed by atoms with Crippen molar-refractivity contribution < 1.29 is 19.4 Å². The van der Waals surface area contributed by atoms with E-state index in [-0.39, 0.29) is 12.3 Å². The van der Waals surface area contributed by atoms with Crippen molar-refractivity contribution >= 4 is 27.8 Å². The predicted octanol–water partition coefficient (Wildman–Crippen LogP) is 1.93. The van der Waals surface area contributed by atoms with Crippen LogP contribution in [0.15, 0.2) is 22.7 Å². The highest BCUT2D eigenvalue weighted by Gasteiger charge is 2.22. The third-order valence-electron chi connectivity index (χ3n) is 2.92. The predicted molar refractivity (Wildman–Crippen MR) is 74.3 cm³/mol. The Balaban J connectivity index is 2.87. The summed E-state index contributed by atoms with van der Waals surface area (Å²) >= 11 is 3.33. The van der Waals surface area contributed by atoms with Crippen LogP contribution >= 0.6 is 15.9 Å². The van der Waals surface area contributed by atoms with Crippen molar-refractivity contribution in [3.05, 3.63) is 28.2 Å². The standard InChI is InChI=1S/C13H16BrNO4/c1-8(13(17)18)15(2)12(16)7-9-6-10(14)4-5-11(9)19-3/h4-6,8H,7H2,1-3H3,(H,17,18). The van der Waals surface area contributed by atoms with E-state index in [2.05, 4.69) is 15.9 Å². The molecule has 0 saturated heterocycles. The number of carbonyl (C=O) groups excluding carboxylic acids is 1. The molecule has 6 heteroatoms. The number of methoxy groups -OCH3 is 1. The van der Waals surface area contributed by atoms with E-state index in [0.29, 0.717) is 11.3 Å². The highest BCUT2D eigenvalue weighted by molar-refractivity contribution is 9.10. The molecule has 0 bridgehead atoms. The average Bonchev–Trinajstić information content (AvgIpc) is 2.37. The first-order valence-electron chi connectivity index (χ1n) is 5.67. The second-order valence-electron chi connectivity index (χ2n) is 4.15. The lowest BCUT2D eigenvalue weighted by Gasteiger charge is -2.22. The van der Waals surface area contributed by atoms with Gasteiger partial charge in [0.25, 0.3) is 0 Å². The van der Waals surface area contributed by atoms with Gasteiger partial charge in [-0.1, -0.05) is 15.9 Å². The van der Waals surface area contributed by atoms with Gasteiger partial charge in [0.15, 0.2) is 0 Å². The zero-order valence-electron chi connectivity index (χ0n) is 11.0. The van der Waals surface area contributed by atoms with Crippen LogP contribution in [0.4, 0.5) is 0 Å². The number of ether oxygens (including phenoxy) is 1. The summed E-state index contributed by atoms with van der Waals surface area (Å²) in [6.07, 6.45) is 0.0940. The zero-order chi connectivity index (χ0) is 14.6. The third-order valence-corrected chi connectivity index (χ3v) is 3.41. The van der Waals surface area contributed by atoms with Crippen LogP contribution in [0.2, 0.25) is 0 Å². The van der Waals surface area contributed by atoms with E-state index >= 15 is 0 Å². The Labute approximate surface area is 120 Å². The van der Waals surface area contributed by atoms with E-state index in [9.17, 15) is 9.59 Å². The lowest BCUT2D eigenvalue weighted by atomic mass is 10.1. The minimum absolute atomic E-state index is 0.0940. The summed E-state index contributed by atoms with van der Waals surface area (Å²) in [5.74, 6) is -0.698. The van der Waals surface area contributed by atoms with Gasteiger partial charge in [-0.25, -0.2) is 4.79 Å². The monoisotopic (exact) mass is 329 g/mol. The van der Waals surface area contributed by atoms with Gasteiger partial charge >= 0.3 is 5.97 Å². The highest BCUT2D eigenvalue weighted by atomic mass is 79.9. The van der Waals surface area contributed by atoms with Gasteiger partial charge < -0.3 is 14.7 Å². The van der Waals surface area contributed by atoms with Gasteiger partial charge in [-0.05, 0) is 25.1 Å². The molecule has 0 saturated carbocycles. The molecule has 0 aromatic heterocycles. The molecule has 1 atom stereocenters. The van der Waals surface area contributed by atoms with Crippen LogP contribution in [0.5, 0.6) is 5.75 Å². The molecule has 19 heavy (non-hydrogen) atoms. The number of hydrogen-bond acceptors (Lipinski definition) is 3. The second kappa shape index (κ2) is 6.56. The molecule has 0 aliphatic heterocycles. The first-order valence-corrected chi connectivity index (χ1v) is 6.47. The Hall–Kier alpha value is -1.56. The number of nitrogens with zero attached hydrogens (tertiary/aromatic N) is 1. The molecule has 1 rings (SSSR count). The van der Waals surface area contributed by atoms with Crippen LogP contribution in [0, 0.1) is 0 Å². The number of hydrogen-bond donors (Lipinski definition) is 1. The fraction of sp³-hybridized carbons (Fsp3) is 0.385. The topological polar surface area (TPSA) is 66.8 Å². The van der Waals surface area contributed by atoms with Crippen molar-refractivity contribution in [1.82, 2.24) is 4.90 Å². The number of carbonyl (C=O) groups is 2. The van der Waals surface area contributed by atoms with E-state index in [1.165, 1.54) is 26.0 Å². The summed E-state index contributed by atoms with van der Waals surface area (Å²) in [5, 5.41) is 8.89. The number of carboxylic acids is 1. The lowest BCUT2D eigenvalue weighted by Crippen LogP contribution is -2.41. The van der Waals surface area contributed by atoms with Crippen LogP contribution < -0.4 is 4.74 Å². The number of amides is 1. The molecule has 104 valence electrons. The van der Waals surface area contributed by atoms with Crippen LogP contribution in [0.3, 0.4) is 0 Å². The van der Waals surface area contributed by atoms with Crippen LogP contribution in [-0.2, 0) is 16.0 Å². The third kappa shape index (κ3) is 3.96. The normalized spacial score (nSPS) is 11.8. The summed E-state index contributed by atoms with van der Waals surface area (Å²) in [6, 6.07) is 4.50. The van der Waals surface area contributed by atoms with Gasteiger partial charge in [0.2, 0.25) is 5.91 Å². The molecule has 5 nitrogen and oxygen atoms in total. The number of halogens is 1. The quantitative estimate of drug-likeness (QED) is 0.896. The minimum Gasteiger partial charge on any atom is -0.496 e. The molecule has 1 amide bonds. The summed E-state index contributed by atoms with van der Waals surface area (Å²) in [5.41, 5.74) is 0.714. The Morgan fingerprint density at radius 3 is 2.63 bits per heavy atom. The number of rotatable bonds is 5.